The van der Waals surface area contributed by atoms with Gasteiger partial charge in [0.25, 0.3) is 0 Å². The van der Waals surface area contributed by atoms with Gasteiger partial charge < -0.3 is 16.0 Å². The van der Waals surface area contributed by atoms with Crippen molar-refractivity contribution in [1.82, 2.24) is 20.9 Å². The number of aliphatic imine (C=N–C) groups is 1. The van der Waals surface area contributed by atoms with E-state index in [-0.39, 0.29) is 42.0 Å². The van der Waals surface area contributed by atoms with Crippen molar-refractivity contribution >= 4 is 35.8 Å². The van der Waals surface area contributed by atoms with Gasteiger partial charge in [-0.3, -0.25) is 14.7 Å². The third-order valence-corrected chi connectivity index (χ3v) is 3.90. The Morgan fingerprint density at radius 3 is 2.64 bits per heavy atom. The minimum Gasteiger partial charge on any atom is -0.356 e. The fourth-order valence-corrected chi connectivity index (χ4v) is 2.48. The number of amides is 1. The van der Waals surface area contributed by atoms with Crippen LogP contribution in [0.15, 0.2) is 4.99 Å². The Balaban J connectivity index is 0.00000576. The number of nitrogens with one attached hydrogen (secondary N) is 3. The smallest absolute Gasteiger partial charge is 0.356 e. The number of rotatable bonds is 7. The molecule has 1 rings (SSSR count). The Hall–Kier alpha value is -0.780. The molecule has 0 aliphatic carbocycles. The van der Waals surface area contributed by atoms with Gasteiger partial charge in [-0.2, -0.15) is 13.2 Å². The monoisotopic (exact) mass is 479 g/mol. The molecule has 0 spiro atoms. The molecule has 0 saturated carbocycles. The van der Waals surface area contributed by atoms with Crippen LogP contribution >= 0.6 is 24.0 Å². The Morgan fingerprint density at radius 2 is 2.08 bits per heavy atom. The van der Waals surface area contributed by atoms with Gasteiger partial charge in [-0.1, -0.05) is 6.92 Å². The van der Waals surface area contributed by atoms with E-state index in [1.807, 2.05) is 13.8 Å². The normalized spacial score (nSPS) is 19.9. The summed E-state index contributed by atoms with van der Waals surface area (Å²) in [7, 11) is 1.59. The van der Waals surface area contributed by atoms with Crippen molar-refractivity contribution in [1.29, 1.82) is 0 Å². The van der Waals surface area contributed by atoms with Gasteiger partial charge in [0.05, 0.1) is 6.54 Å². The quantitative estimate of drug-likeness (QED) is 0.296. The van der Waals surface area contributed by atoms with Gasteiger partial charge in [-0.25, -0.2) is 0 Å². The molecule has 2 unspecified atom stereocenters. The predicted octanol–water partition coefficient (Wildman–Crippen LogP) is 1.71. The van der Waals surface area contributed by atoms with Crippen molar-refractivity contribution in [2.24, 2.45) is 4.99 Å². The highest BCUT2D eigenvalue weighted by Gasteiger charge is 2.34. The standard InChI is InChI=1S/C15H28F3N5O.HI/c1-4-11(2)21-13(24)5-7-20-14(19-3)22-12-6-8-23(9-12)10-15(16,17)18;/h11-12H,4-10H2,1-3H3,(H,21,24)(H2,19,20,22);1H. The van der Waals surface area contributed by atoms with E-state index in [9.17, 15) is 18.0 Å². The highest BCUT2D eigenvalue weighted by molar-refractivity contribution is 14.0. The van der Waals surface area contributed by atoms with Crippen molar-refractivity contribution in [3.8, 4) is 0 Å². The van der Waals surface area contributed by atoms with Crippen LogP contribution in [-0.4, -0.2) is 68.3 Å². The molecule has 1 saturated heterocycles. The van der Waals surface area contributed by atoms with Crippen molar-refractivity contribution < 1.29 is 18.0 Å². The van der Waals surface area contributed by atoms with E-state index in [0.717, 1.165) is 6.42 Å². The third kappa shape index (κ3) is 10.7. The van der Waals surface area contributed by atoms with E-state index in [1.165, 1.54) is 4.90 Å². The molecular weight excluding hydrogens is 450 g/mol. The van der Waals surface area contributed by atoms with Gasteiger partial charge in [-0.15, -0.1) is 24.0 Å². The second-order valence-corrected chi connectivity index (χ2v) is 6.11. The Kier molecular flexibility index (Phi) is 11.4. The van der Waals surface area contributed by atoms with E-state index in [0.29, 0.717) is 38.4 Å². The Labute approximate surface area is 164 Å². The van der Waals surface area contributed by atoms with Gasteiger partial charge in [-0.05, 0) is 19.8 Å². The lowest BCUT2D eigenvalue weighted by molar-refractivity contribution is -0.143. The predicted molar refractivity (Wildman–Crippen MR) is 103 cm³/mol. The highest BCUT2D eigenvalue weighted by Crippen LogP contribution is 2.19. The zero-order valence-electron chi connectivity index (χ0n) is 14.9. The SMILES string of the molecule is CCC(C)NC(=O)CCNC(=NC)NC1CCN(CC(F)(F)F)C1.I. The number of nitrogens with zero attached hydrogens (tertiary/aromatic N) is 2. The fraction of sp³-hybridized carbons (Fsp3) is 0.867. The van der Waals surface area contributed by atoms with Gasteiger partial charge >= 0.3 is 6.18 Å². The zero-order chi connectivity index (χ0) is 18.2. The van der Waals surface area contributed by atoms with E-state index >= 15 is 0 Å². The Bertz CT molecular complexity index is 434. The van der Waals surface area contributed by atoms with Gasteiger partial charge in [0, 0.05) is 45.2 Å². The first-order chi connectivity index (χ1) is 11.2. The largest absolute Gasteiger partial charge is 0.401 e. The van der Waals surface area contributed by atoms with Gasteiger partial charge in [0.15, 0.2) is 5.96 Å². The van der Waals surface area contributed by atoms with Crippen LogP contribution in [0.5, 0.6) is 0 Å². The molecule has 0 aromatic carbocycles. The fourth-order valence-electron chi connectivity index (χ4n) is 2.48. The first-order valence-electron chi connectivity index (χ1n) is 8.29. The van der Waals surface area contributed by atoms with Crippen LogP contribution in [0.2, 0.25) is 0 Å². The number of carbonyl (C=O) groups is 1. The number of hydrogen-bond donors (Lipinski definition) is 3. The van der Waals surface area contributed by atoms with Crippen LogP contribution in [0.4, 0.5) is 13.2 Å². The summed E-state index contributed by atoms with van der Waals surface area (Å²) < 4.78 is 37.2. The lowest BCUT2D eigenvalue weighted by atomic mass is 10.2. The summed E-state index contributed by atoms with van der Waals surface area (Å²) in [6.07, 6.45) is -2.35. The van der Waals surface area contributed by atoms with Crippen molar-refractivity contribution in [2.45, 2.75) is 51.4 Å². The summed E-state index contributed by atoms with van der Waals surface area (Å²) in [5.74, 6) is 0.467. The number of likely N-dealkylation sites (tertiary alicyclic amines) is 1. The summed E-state index contributed by atoms with van der Waals surface area (Å²) in [5, 5.41) is 8.99. The highest BCUT2D eigenvalue weighted by atomic mass is 127. The topological polar surface area (TPSA) is 68.8 Å². The lowest BCUT2D eigenvalue weighted by Crippen LogP contribution is -2.46. The molecule has 1 heterocycles. The minimum absolute atomic E-state index is 0. The van der Waals surface area contributed by atoms with E-state index in [4.69, 9.17) is 0 Å². The van der Waals surface area contributed by atoms with E-state index in [2.05, 4.69) is 20.9 Å². The van der Waals surface area contributed by atoms with Gasteiger partial charge in [0.2, 0.25) is 5.91 Å². The van der Waals surface area contributed by atoms with Crippen LogP contribution < -0.4 is 16.0 Å². The van der Waals surface area contributed by atoms with Gasteiger partial charge in [0.1, 0.15) is 0 Å². The van der Waals surface area contributed by atoms with Crippen molar-refractivity contribution in [2.75, 3.05) is 33.2 Å². The number of carbonyl (C=O) groups excluding carboxylic acids is 1. The molecule has 0 bridgehead atoms. The molecule has 1 aliphatic heterocycles. The first kappa shape index (κ1) is 24.2. The molecular formula is C15H29F3IN5O. The minimum atomic E-state index is -4.17. The molecule has 10 heteroatoms. The molecule has 1 amide bonds. The summed E-state index contributed by atoms with van der Waals surface area (Å²) in [6, 6.07) is 0.0699. The average molecular weight is 479 g/mol. The Morgan fingerprint density at radius 1 is 1.40 bits per heavy atom. The second-order valence-electron chi connectivity index (χ2n) is 6.11. The third-order valence-electron chi connectivity index (χ3n) is 3.90. The van der Waals surface area contributed by atoms with Crippen LogP contribution in [-0.2, 0) is 4.79 Å². The summed E-state index contributed by atoms with van der Waals surface area (Å²) in [6.45, 7) is 4.21. The summed E-state index contributed by atoms with van der Waals surface area (Å²) in [5.41, 5.74) is 0. The van der Waals surface area contributed by atoms with E-state index < -0.39 is 12.7 Å². The first-order valence-corrected chi connectivity index (χ1v) is 8.29. The second kappa shape index (κ2) is 11.8. The molecule has 0 aromatic heterocycles. The number of guanidine groups is 1. The van der Waals surface area contributed by atoms with E-state index in [1.54, 1.807) is 7.05 Å². The van der Waals surface area contributed by atoms with Crippen LogP contribution in [0.25, 0.3) is 0 Å². The van der Waals surface area contributed by atoms with Crippen LogP contribution in [0.3, 0.4) is 0 Å². The molecule has 2 atom stereocenters. The molecule has 3 N–H and O–H groups in total. The number of alkyl halides is 3. The average Bonchev–Trinajstić information content (AvgIpc) is 2.90. The summed E-state index contributed by atoms with van der Waals surface area (Å²) >= 11 is 0. The molecule has 1 aliphatic rings. The molecule has 0 aromatic rings. The number of halogens is 4. The van der Waals surface area contributed by atoms with Crippen LogP contribution in [0.1, 0.15) is 33.1 Å². The zero-order valence-corrected chi connectivity index (χ0v) is 17.3. The molecule has 6 nitrogen and oxygen atoms in total. The molecule has 25 heavy (non-hydrogen) atoms. The molecule has 0 radical (unpaired) electrons. The van der Waals surface area contributed by atoms with Crippen molar-refractivity contribution in [3.05, 3.63) is 0 Å². The maximum absolute atomic E-state index is 12.4. The maximum atomic E-state index is 12.4. The lowest BCUT2D eigenvalue weighted by Gasteiger charge is -2.20. The maximum Gasteiger partial charge on any atom is 0.401 e. The molecule has 148 valence electrons. The number of hydrogen-bond acceptors (Lipinski definition) is 3. The van der Waals surface area contributed by atoms with Crippen LogP contribution in [0, 0.1) is 0 Å². The van der Waals surface area contributed by atoms with Crippen molar-refractivity contribution in [3.63, 3.8) is 0 Å². The summed E-state index contributed by atoms with van der Waals surface area (Å²) in [4.78, 5) is 17.1. The molecule has 1 fully saturated rings.